The molecule has 0 saturated heterocycles. The third-order valence-corrected chi connectivity index (χ3v) is 4.18. The van der Waals surface area contributed by atoms with E-state index in [1.165, 1.54) is 0 Å². The number of aryl methyl sites for hydroxylation is 1. The second-order valence-electron chi connectivity index (χ2n) is 6.03. The first kappa shape index (κ1) is 16.8. The lowest BCUT2D eigenvalue weighted by molar-refractivity contribution is 0.415. The van der Waals surface area contributed by atoms with Gasteiger partial charge >= 0.3 is 0 Å². The van der Waals surface area contributed by atoms with E-state index in [2.05, 4.69) is 20.4 Å². The molecular formula is C21H19N5O. The standard InChI is InChI=1S/C21H19N5O/c1-15-19(14-26(25-15)17-8-4-3-5-9-17)20-11-12-22-21(24-20)23-16-7-6-10-18(13-16)27-2/h3-14H,1-2H3,(H,22,23,24). The zero-order chi connectivity index (χ0) is 18.6. The van der Waals surface area contributed by atoms with Crippen molar-refractivity contribution in [1.82, 2.24) is 19.7 Å². The van der Waals surface area contributed by atoms with Gasteiger partial charge in [-0.3, -0.25) is 0 Å². The lowest BCUT2D eigenvalue weighted by Gasteiger charge is -2.07. The van der Waals surface area contributed by atoms with E-state index in [4.69, 9.17) is 4.74 Å². The van der Waals surface area contributed by atoms with E-state index in [0.717, 1.165) is 34.1 Å². The second kappa shape index (κ2) is 7.29. The quantitative estimate of drug-likeness (QED) is 0.574. The Hall–Kier alpha value is -3.67. The third-order valence-electron chi connectivity index (χ3n) is 4.18. The molecule has 4 rings (SSSR count). The van der Waals surface area contributed by atoms with Crippen molar-refractivity contribution in [2.45, 2.75) is 6.92 Å². The van der Waals surface area contributed by atoms with E-state index in [1.807, 2.05) is 78.5 Å². The highest BCUT2D eigenvalue weighted by molar-refractivity contribution is 5.64. The normalized spacial score (nSPS) is 10.6. The van der Waals surface area contributed by atoms with Crippen molar-refractivity contribution in [2.24, 2.45) is 0 Å². The Labute approximate surface area is 157 Å². The number of nitrogens with zero attached hydrogens (tertiary/aromatic N) is 4. The van der Waals surface area contributed by atoms with Crippen LogP contribution < -0.4 is 10.1 Å². The fourth-order valence-electron chi connectivity index (χ4n) is 2.82. The van der Waals surface area contributed by atoms with Gasteiger partial charge in [-0.05, 0) is 37.3 Å². The number of ether oxygens (including phenoxy) is 1. The fourth-order valence-corrected chi connectivity index (χ4v) is 2.82. The van der Waals surface area contributed by atoms with Crippen LogP contribution in [-0.2, 0) is 0 Å². The molecule has 2 aromatic carbocycles. The molecule has 0 saturated carbocycles. The van der Waals surface area contributed by atoms with Gasteiger partial charge in [-0.25, -0.2) is 14.6 Å². The predicted octanol–water partition coefficient (Wildman–Crippen LogP) is 4.39. The van der Waals surface area contributed by atoms with Gasteiger partial charge in [0, 0.05) is 29.7 Å². The van der Waals surface area contributed by atoms with Crippen LogP contribution in [0.1, 0.15) is 5.69 Å². The van der Waals surface area contributed by atoms with E-state index >= 15 is 0 Å². The molecule has 1 N–H and O–H groups in total. The van der Waals surface area contributed by atoms with Gasteiger partial charge in [0.05, 0.1) is 24.2 Å². The van der Waals surface area contributed by atoms with Gasteiger partial charge in [0.25, 0.3) is 0 Å². The first-order valence-electron chi connectivity index (χ1n) is 8.59. The summed E-state index contributed by atoms with van der Waals surface area (Å²) in [5, 5.41) is 7.83. The van der Waals surface area contributed by atoms with E-state index in [0.29, 0.717) is 5.95 Å². The summed E-state index contributed by atoms with van der Waals surface area (Å²) in [6, 6.07) is 19.5. The maximum Gasteiger partial charge on any atom is 0.227 e. The van der Waals surface area contributed by atoms with E-state index in [-0.39, 0.29) is 0 Å². The number of rotatable bonds is 5. The van der Waals surface area contributed by atoms with Gasteiger partial charge in [0.2, 0.25) is 5.95 Å². The largest absolute Gasteiger partial charge is 0.497 e. The van der Waals surface area contributed by atoms with Crippen LogP contribution in [0.5, 0.6) is 5.75 Å². The lowest BCUT2D eigenvalue weighted by Crippen LogP contribution is -1.98. The van der Waals surface area contributed by atoms with E-state index < -0.39 is 0 Å². The van der Waals surface area contributed by atoms with Crippen LogP contribution in [0, 0.1) is 6.92 Å². The summed E-state index contributed by atoms with van der Waals surface area (Å²) < 4.78 is 7.12. The van der Waals surface area contributed by atoms with Crippen LogP contribution in [-0.4, -0.2) is 26.9 Å². The highest BCUT2D eigenvalue weighted by Gasteiger charge is 2.11. The van der Waals surface area contributed by atoms with Crippen molar-refractivity contribution >= 4 is 11.6 Å². The van der Waals surface area contributed by atoms with Gasteiger partial charge < -0.3 is 10.1 Å². The molecule has 6 nitrogen and oxygen atoms in total. The predicted molar refractivity (Wildman–Crippen MR) is 106 cm³/mol. The summed E-state index contributed by atoms with van der Waals surface area (Å²) in [6.07, 6.45) is 3.73. The summed E-state index contributed by atoms with van der Waals surface area (Å²) in [4.78, 5) is 8.97. The average Bonchev–Trinajstić information content (AvgIpc) is 3.11. The molecule has 0 spiro atoms. The number of hydrogen-bond donors (Lipinski definition) is 1. The zero-order valence-electron chi connectivity index (χ0n) is 15.1. The number of hydrogen-bond acceptors (Lipinski definition) is 5. The number of anilines is 2. The Kier molecular flexibility index (Phi) is 4.53. The minimum atomic E-state index is 0.521. The molecule has 2 aromatic heterocycles. The van der Waals surface area contributed by atoms with Gasteiger partial charge in [-0.2, -0.15) is 5.10 Å². The topological polar surface area (TPSA) is 64.9 Å². The monoisotopic (exact) mass is 357 g/mol. The molecule has 0 atom stereocenters. The minimum Gasteiger partial charge on any atom is -0.497 e. The molecule has 0 bridgehead atoms. The molecular weight excluding hydrogens is 338 g/mol. The molecule has 0 aliphatic carbocycles. The molecule has 0 fully saturated rings. The van der Waals surface area contributed by atoms with Gasteiger partial charge in [-0.15, -0.1) is 0 Å². The van der Waals surface area contributed by atoms with Crippen LogP contribution in [0.15, 0.2) is 73.1 Å². The molecule has 0 aliphatic rings. The van der Waals surface area contributed by atoms with Crippen LogP contribution in [0.25, 0.3) is 16.9 Å². The van der Waals surface area contributed by atoms with Gasteiger partial charge in [-0.1, -0.05) is 24.3 Å². The molecule has 0 aliphatic heterocycles. The number of benzene rings is 2. The Morgan fingerprint density at radius 3 is 2.67 bits per heavy atom. The van der Waals surface area contributed by atoms with Crippen molar-refractivity contribution < 1.29 is 4.74 Å². The summed E-state index contributed by atoms with van der Waals surface area (Å²) in [5.74, 6) is 1.30. The van der Waals surface area contributed by atoms with Gasteiger partial charge in [0.15, 0.2) is 0 Å². The van der Waals surface area contributed by atoms with Crippen molar-refractivity contribution in [3.05, 3.63) is 78.8 Å². The summed E-state index contributed by atoms with van der Waals surface area (Å²) in [5.41, 5.74) is 4.56. The molecule has 6 heteroatoms. The average molecular weight is 357 g/mol. The minimum absolute atomic E-state index is 0.521. The number of aromatic nitrogens is 4. The zero-order valence-corrected chi connectivity index (χ0v) is 15.1. The highest BCUT2D eigenvalue weighted by atomic mass is 16.5. The number of nitrogens with one attached hydrogen (secondary N) is 1. The lowest BCUT2D eigenvalue weighted by atomic mass is 10.2. The molecule has 2 heterocycles. The smallest absolute Gasteiger partial charge is 0.227 e. The van der Waals surface area contributed by atoms with Crippen molar-refractivity contribution in [2.75, 3.05) is 12.4 Å². The number of para-hydroxylation sites is 1. The van der Waals surface area contributed by atoms with E-state index in [9.17, 15) is 0 Å². The van der Waals surface area contributed by atoms with Crippen molar-refractivity contribution in [1.29, 1.82) is 0 Å². The van der Waals surface area contributed by atoms with Gasteiger partial charge in [0.1, 0.15) is 5.75 Å². The SMILES string of the molecule is COc1cccc(Nc2nccc(-c3cn(-c4ccccc4)nc3C)n2)c1. The molecule has 0 unspecified atom stereocenters. The number of methoxy groups -OCH3 is 1. The van der Waals surface area contributed by atoms with Crippen LogP contribution in [0.2, 0.25) is 0 Å². The Morgan fingerprint density at radius 1 is 1.00 bits per heavy atom. The Balaban J connectivity index is 1.64. The Bertz CT molecular complexity index is 1060. The molecule has 134 valence electrons. The first-order chi connectivity index (χ1) is 13.2. The maximum atomic E-state index is 5.25. The van der Waals surface area contributed by atoms with Crippen LogP contribution in [0.3, 0.4) is 0 Å². The highest BCUT2D eigenvalue weighted by Crippen LogP contribution is 2.24. The van der Waals surface area contributed by atoms with Crippen molar-refractivity contribution in [3.63, 3.8) is 0 Å². The first-order valence-corrected chi connectivity index (χ1v) is 8.59. The summed E-state index contributed by atoms with van der Waals surface area (Å²) in [6.45, 7) is 1.98. The molecule has 0 amide bonds. The van der Waals surface area contributed by atoms with E-state index in [1.54, 1.807) is 13.3 Å². The second-order valence-corrected chi connectivity index (χ2v) is 6.03. The molecule has 4 aromatic rings. The third kappa shape index (κ3) is 3.64. The van der Waals surface area contributed by atoms with Crippen molar-refractivity contribution in [3.8, 4) is 22.7 Å². The fraction of sp³-hybridized carbons (Fsp3) is 0.0952. The summed E-state index contributed by atoms with van der Waals surface area (Å²) in [7, 11) is 1.64. The van der Waals surface area contributed by atoms with Crippen LogP contribution in [0.4, 0.5) is 11.6 Å². The molecule has 0 radical (unpaired) electrons. The molecule has 27 heavy (non-hydrogen) atoms. The summed E-state index contributed by atoms with van der Waals surface area (Å²) >= 11 is 0. The van der Waals surface area contributed by atoms with Crippen LogP contribution >= 0.6 is 0 Å². The Morgan fingerprint density at radius 2 is 1.85 bits per heavy atom. The maximum absolute atomic E-state index is 5.25.